The SMILES string of the molecule is CC(=O)Nc1ccc(C(=O)OCc2c(Cl)cccc2Cl)cc1. The second-order valence-corrected chi connectivity index (χ2v) is 5.35. The lowest BCUT2D eigenvalue weighted by Gasteiger charge is -2.09. The summed E-state index contributed by atoms with van der Waals surface area (Å²) in [6.45, 7) is 1.40. The minimum atomic E-state index is -0.495. The zero-order valence-electron chi connectivity index (χ0n) is 11.7. The molecule has 0 aliphatic heterocycles. The van der Waals surface area contributed by atoms with Gasteiger partial charge < -0.3 is 10.1 Å². The predicted octanol–water partition coefficient (Wildman–Crippen LogP) is 4.31. The van der Waals surface area contributed by atoms with Crippen LogP contribution in [0.4, 0.5) is 5.69 Å². The van der Waals surface area contributed by atoms with E-state index >= 15 is 0 Å². The standard InChI is InChI=1S/C16H13Cl2NO3/c1-10(20)19-12-7-5-11(6-8-12)16(21)22-9-13-14(17)3-2-4-15(13)18/h2-8H,9H2,1H3,(H,19,20). The van der Waals surface area contributed by atoms with Crippen LogP contribution >= 0.6 is 23.2 Å². The molecule has 0 spiro atoms. The van der Waals surface area contributed by atoms with E-state index in [0.29, 0.717) is 26.9 Å². The number of halogens is 2. The Hall–Kier alpha value is -2.04. The van der Waals surface area contributed by atoms with Gasteiger partial charge in [-0.05, 0) is 36.4 Å². The molecule has 22 heavy (non-hydrogen) atoms. The maximum Gasteiger partial charge on any atom is 0.338 e. The fourth-order valence-electron chi connectivity index (χ4n) is 1.78. The number of hydrogen-bond acceptors (Lipinski definition) is 3. The highest BCUT2D eigenvalue weighted by Crippen LogP contribution is 2.25. The predicted molar refractivity (Wildman–Crippen MR) is 86.3 cm³/mol. The van der Waals surface area contributed by atoms with Gasteiger partial charge in [-0.3, -0.25) is 4.79 Å². The summed E-state index contributed by atoms with van der Waals surface area (Å²) in [5.41, 5.74) is 1.55. The van der Waals surface area contributed by atoms with Crippen molar-refractivity contribution < 1.29 is 14.3 Å². The monoisotopic (exact) mass is 337 g/mol. The molecule has 0 fully saturated rings. The van der Waals surface area contributed by atoms with Gasteiger partial charge in [0.2, 0.25) is 5.91 Å². The normalized spacial score (nSPS) is 10.1. The van der Waals surface area contributed by atoms with Gasteiger partial charge in [-0.15, -0.1) is 0 Å². The summed E-state index contributed by atoms with van der Waals surface area (Å²) in [7, 11) is 0. The molecule has 2 aromatic carbocycles. The Bertz CT molecular complexity index is 679. The first-order valence-electron chi connectivity index (χ1n) is 6.45. The van der Waals surface area contributed by atoms with Crippen molar-refractivity contribution in [3.8, 4) is 0 Å². The molecule has 6 heteroatoms. The van der Waals surface area contributed by atoms with Crippen LogP contribution in [0.15, 0.2) is 42.5 Å². The molecular formula is C16H13Cl2NO3. The van der Waals surface area contributed by atoms with Crippen molar-refractivity contribution in [3.63, 3.8) is 0 Å². The fourth-order valence-corrected chi connectivity index (χ4v) is 2.29. The first-order valence-corrected chi connectivity index (χ1v) is 7.20. The number of benzene rings is 2. The van der Waals surface area contributed by atoms with E-state index in [2.05, 4.69) is 5.32 Å². The first kappa shape index (κ1) is 16.3. The van der Waals surface area contributed by atoms with Crippen molar-refractivity contribution in [2.45, 2.75) is 13.5 Å². The van der Waals surface area contributed by atoms with E-state index in [4.69, 9.17) is 27.9 Å². The van der Waals surface area contributed by atoms with E-state index in [-0.39, 0.29) is 12.5 Å². The summed E-state index contributed by atoms with van der Waals surface area (Å²) < 4.78 is 5.20. The van der Waals surface area contributed by atoms with Crippen LogP contribution in [0, 0.1) is 0 Å². The second kappa shape index (κ2) is 7.29. The molecule has 0 aliphatic rings. The minimum absolute atomic E-state index is 0.00914. The zero-order valence-corrected chi connectivity index (χ0v) is 13.2. The molecule has 0 saturated carbocycles. The Morgan fingerprint density at radius 2 is 1.64 bits per heavy atom. The Balaban J connectivity index is 2.02. The highest BCUT2D eigenvalue weighted by molar-refractivity contribution is 6.35. The Morgan fingerprint density at radius 3 is 2.18 bits per heavy atom. The highest BCUT2D eigenvalue weighted by Gasteiger charge is 2.11. The summed E-state index contributed by atoms with van der Waals surface area (Å²) in [5.74, 6) is -0.672. The Kier molecular flexibility index (Phi) is 5.41. The van der Waals surface area contributed by atoms with Crippen molar-refractivity contribution in [1.29, 1.82) is 0 Å². The van der Waals surface area contributed by atoms with E-state index in [1.165, 1.54) is 6.92 Å². The van der Waals surface area contributed by atoms with Crippen molar-refractivity contribution in [2.75, 3.05) is 5.32 Å². The lowest BCUT2D eigenvalue weighted by Crippen LogP contribution is -2.08. The number of amides is 1. The molecule has 1 N–H and O–H groups in total. The number of esters is 1. The molecule has 2 rings (SSSR count). The van der Waals surface area contributed by atoms with Gasteiger partial charge in [0.25, 0.3) is 0 Å². The second-order valence-electron chi connectivity index (χ2n) is 4.53. The Labute approximate surface area is 138 Å². The van der Waals surface area contributed by atoms with Crippen LogP contribution in [0.25, 0.3) is 0 Å². The number of ether oxygens (including phenoxy) is 1. The first-order chi connectivity index (χ1) is 10.5. The molecule has 0 aromatic heterocycles. The van der Waals surface area contributed by atoms with E-state index < -0.39 is 5.97 Å². The van der Waals surface area contributed by atoms with Crippen molar-refractivity contribution in [2.24, 2.45) is 0 Å². The number of carbonyl (C=O) groups is 2. The third kappa shape index (κ3) is 4.23. The maximum atomic E-state index is 12.0. The lowest BCUT2D eigenvalue weighted by molar-refractivity contribution is -0.114. The molecule has 114 valence electrons. The average Bonchev–Trinajstić information content (AvgIpc) is 2.46. The highest BCUT2D eigenvalue weighted by atomic mass is 35.5. The van der Waals surface area contributed by atoms with E-state index in [1.807, 2.05) is 0 Å². The summed E-state index contributed by atoms with van der Waals surface area (Å²) in [6, 6.07) is 11.5. The number of nitrogens with one attached hydrogen (secondary N) is 1. The quantitative estimate of drug-likeness (QED) is 0.845. The number of hydrogen-bond donors (Lipinski definition) is 1. The molecule has 4 nitrogen and oxygen atoms in total. The van der Waals surface area contributed by atoms with E-state index in [0.717, 1.165) is 0 Å². The molecular weight excluding hydrogens is 325 g/mol. The molecule has 2 aromatic rings. The molecule has 0 heterocycles. The molecule has 0 bridgehead atoms. The van der Waals surface area contributed by atoms with Crippen LogP contribution < -0.4 is 5.32 Å². The van der Waals surface area contributed by atoms with Gasteiger partial charge in [0, 0.05) is 28.2 Å². The average molecular weight is 338 g/mol. The van der Waals surface area contributed by atoms with Crippen LogP contribution in [-0.4, -0.2) is 11.9 Å². The van der Waals surface area contributed by atoms with Gasteiger partial charge in [-0.1, -0.05) is 29.3 Å². The summed E-state index contributed by atoms with van der Waals surface area (Å²) >= 11 is 12.0. The summed E-state index contributed by atoms with van der Waals surface area (Å²) in [6.07, 6.45) is 0. The van der Waals surface area contributed by atoms with Gasteiger partial charge in [-0.25, -0.2) is 4.79 Å². The van der Waals surface area contributed by atoms with Crippen LogP contribution in [0.5, 0.6) is 0 Å². The third-order valence-electron chi connectivity index (χ3n) is 2.85. The summed E-state index contributed by atoms with van der Waals surface area (Å²) in [4.78, 5) is 22.9. The fraction of sp³-hybridized carbons (Fsp3) is 0.125. The molecule has 0 aliphatic carbocycles. The van der Waals surface area contributed by atoms with Crippen LogP contribution in [-0.2, 0) is 16.1 Å². The van der Waals surface area contributed by atoms with Crippen LogP contribution in [0.3, 0.4) is 0 Å². The number of rotatable bonds is 4. The smallest absolute Gasteiger partial charge is 0.338 e. The van der Waals surface area contributed by atoms with E-state index in [9.17, 15) is 9.59 Å². The minimum Gasteiger partial charge on any atom is -0.457 e. The third-order valence-corrected chi connectivity index (χ3v) is 3.56. The van der Waals surface area contributed by atoms with Crippen molar-refractivity contribution >= 4 is 40.8 Å². The molecule has 0 unspecified atom stereocenters. The molecule has 0 saturated heterocycles. The Morgan fingerprint density at radius 1 is 1.05 bits per heavy atom. The number of carbonyl (C=O) groups excluding carboxylic acids is 2. The topological polar surface area (TPSA) is 55.4 Å². The van der Waals surface area contributed by atoms with Gasteiger partial charge in [0.15, 0.2) is 0 Å². The molecule has 0 radical (unpaired) electrons. The number of anilines is 1. The lowest BCUT2D eigenvalue weighted by atomic mass is 10.2. The largest absolute Gasteiger partial charge is 0.457 e. The van der Waals surface area contributed by atoms with Crippen LogP contribution in [0.2, 0.25) is 10.0 Å². The van der Waals surface area contributed by atoms with E-state index in [1.54, 1.807) is 42.5 Å². The molecule has 0 atom stereocenters. The van der Waals surface area contributed by atoms with Gasteiger partial charge in [0.1, 0.15) is 6.61 Å². The maximum absolute atomic E-state index is 12.0. The zero-order chi connectivity index (χ0) is 16.1. The van der Waals surface area contributed by atoms with Gasteiger partial charge in [-0.2, -0.15) is 0 Å². The van der Waals surface area contributed by atoms with Crippen LogP contribution in [0.1, 0.15) is 22.8 Å². The van der Waals surface area contributed by atoms with Crippen molar-refractivity contribution in [1.82, 2.24) is 0 Å². The van der Waals surface area contributed by atoms with Crippen molar-refractivity contribution in [3.05, 3.63) is 63.6 Å². The van der Waals surface area contributed by atoms with Gasteiger partial charge in [0.05, 0.1) is 5.56 Å². The van der Waals surface area contributed by atoms with Gasteiger partial charge >= 0.3 is 5.97 Å². The summed E-state index contributed by atoms with van der Waals surface area (Å²) in [5, 5.41) is 3.51. The molecule has 1 amide bonds.